The van der Waals surface area contributed by atoms with Crippen LogP contribution in [0, 0.1) is 12.8 Å². The first-order valence-corrected chi connectivity index (χ1v) is 15.4. The molecular weight excluding hydrogens is 520 g/mol. The van der Waals surface area contributed by atoms with Crippen molar-refractivity contribution in [1.82, 2.24) is 0 Å². The second-order valence-electron chi connectivity index (χ2n) is 12.2. The topological polar surface area (TPSA) is 50.8 Å². The predicted octanol–water partition coefficient (Wildman–Crippen LogP) is 8.89. The second-order valence-corrected chi connectivity index (χ2v) is 12.2. The van der Waals surface area contributed by atoms with E-state index in [0.717, 1.165) is 71.0 Å². The third kappa shape index (κ3) is 4.34. The van der Waals surface area contributed by atoms with Crippen molar-refractivity contribution in [3.8, 4) is 11.5 Å². The van der Waals surface area contributed by atoms with Gasteiger partial charge < -0.3 is 19.7 Å². The summed E-state index contributed by atoms with van der Waals surface area (Å²) >= 11 is 0. The lowest BCUT2D eigenvalue weighted by Crippen LogP contribution is -2.39. The Bertz CT molecular complexity index is 1660. The zero-order valence-electron chi connectivity index (χ0n) is 24.7. The first-order chi connectivity index (χ1) is 20.5. The van der Waals surface area contributed by atoms with E-state index in [0.29, 0.717) is 17.2 Å². The molecule has 2 unspecified atom stereocenters. The minimum Gasteiger partial charge on any atom is -0.456 e. The van der Waals surface area contributed by atoms with Crippen molar-refractivity contribution in [2.75, 3.05) is 23.3 Å². The van der Waals surface area contributed by atoms with Gasteiger partial charge in [0.1, 0.15) is 11.5 Å². The maximum absolute atomic E-state index is 13.6. The molecule has 1 N–H and O–H groups in total. The lowest BCUT2D eigenvalue weighted by Gasteiger charge is -2.42. The molecule has 0 radical (unpaired) electrons. The summed E-state index contributed by atoms with van der Waals surface area (Å²) in [5, 5.41) is 3.65. The summed E-state index contributed by atoms with van der Waals surface area (Å²) < 4.78 is 13.3. The van der Waals surface area contributed by atoms with Crippen molar-refractivity contribution in [3.63, 3.8) is 0 Å². The average molecular weight is 559 g/mol. The number of hydrogen-bond acceptors (Lipinski definition) is 5. The van der Waals surface area contributed by atoms with Crippen LogP contribution in [0.1, 0.15) is 77.7 Å². The Hall–Kier alpha value is -4.25. The summed E-state index contributed by atoms with van der Waals surface area (Å²) in [4.78, 5) is 16.0. The lowest BCUT2D eigenvalue weighted by molar-refractivity contribution is 0.0226. The van der Waals surface area contributed by atoms with E-state index in [9.17, 15) is 4.79 Å². The number of nitrogens with one attached hydrogen (secondary N) is 1. The maximum Gasteiger partial charge on any atom is 0.340 e. The smallest absolute Gasteiger partial charge is 0.340 e. The SMILES string of the molecule is CCCCc1ccc(Nc2cc3c(cc2C)Oc2cccc(N4CCCC(C)C4)c2C32OC(=O)c3ccccc32)cc1. The number of benzene rings is 4. The van der Waals surface area contributed by atoms with Crippen molar-refractivity contribution in [2.45, 2.75) is 58.5 Å². The van der Waals surface area contributed by atoms with E-state index in [1.165, 1.54) is 24.8 Å². The molecule has 0 bridgehead atoms. The van der Waals surface area contributed by atoms with Gasteiger partial charge in [-0.05, 0) is 92.1 Å². The van der Waals surface area contributed by atoms with Gasteiger partial charge in [0.25, 0.3) is 0 Å². The molecule has 7 rings (SSSR count). The van der Waals surface area contributed by atoms with Crippen molar-refractivity contribution in [2.24, 2.45) is 5.92 Å². The fourth-order valence-corrected chi connectivity index (χ4v) is 6.95. The van der Waals surface area contributed by atoms with Crippen molar-refractivity contribution in [3.05, 3.63) is 112 Å². The summed E-state index contributed by atoms with van der Waals surface area (Å²) in [7, 11) is 0. The van der Waals surface area contributed by atoms with E-state index in [1.54, 1.807) is 0 Å². The number of unbranched alkanes of at least 4 members (excludes halogenated alkanes) is 1. The maximum atomic E-state index is 13.6. The minimum absolute atomic E-state index is 0.302. The number of carbonyl (C=O) groups excluding carboxylic acids is 1. The Morgan fingerprint density at radius 1 is 0.976 bits per heavy atom. The van der Waals surface area contributed by atoms with Crippen molar-refractivity contribution >= 4 is 23.0 Å². The molecule has 0 aliphatic carbocycles. The number of fused-ring (bicyclic) bond motifs is 6. The molecule has 3 heterocycles. The van der Waals surface area contributed by atoms with Gasteiger partial charge in [-0.2, -0.15) is 0 Å². The Balaban J connectivity index is 1.39. The van der Waals surface area contributed by atoms with Crippen LogP contribution in [-0.4, -0.2) is 19.1 Å². The molecule has 0 amide bonds. The highest BCUT2D eigenvalue weighted by Gasteiger charge is 2.55. The zero-order chi connectivity index (χ0) is 28.8. The Morgan fingerprint density at radius 3 is 2.62 bits per heavy atom. The van der Waals surface area contributed by atoms with Gasteiger partial charge in [0.15, 0.2) is 5.60 Å². The molecule has 2 atom stereocenters. The predicted molar refractivity (Wildman–Crippen MR) is 168 cm³/mol. The third-order valence-corrected chi connectivity index (χ3v) is 9.10. The number of hydrogen-bond donors (Lipinski definition) is 1. The first kappa shape index (κ1) is 26.6. The molecule has 3 aliphatic rings. The number of esters is 1. The van der Waals surface area contributed by atoms with Crippen LogP contribution in [0.25, 0.3) is 0 Å². The number of piperidine rings is 1. The number of nitrogens with zero attached hydrogens (tertiary/aromatic N) is 1. The fourth-order valence-electron chi connectivity index (χ4n) is 6.95. The monoisotopic (exact) mass is 558 g/mol. The van der Waals surface area contributed by atoms with Crippen LogP contribution in [0.15, 0.2) is 78.9 Å². The van der Waals surface area contributed by atoms with Gasteiger partial charge in [-0.25, -0.2) is 4.79 Å². The van der Waals surface area contributed by atoms with E-state index < -0.39 is 5.60 Å². The number of rotatable bonds is 6. The molecule has 5 heteroatoms. The largest absolute Gasteiger partial charge is 0.456 e. The summed E-state index contributed by atoms with van der Waals surface area (Å²) in [6, 6.07) is 26.9. The van der Waals surface area contributed by atoms with E-state index in [4.69, 9.17) is 9.47 Å². The lowest BCUT2D eigenvalue weighted by atomic mass is 9.76. The molecule has 42 heavy (non-hydrogen) atoms. The van der Waals surface area contributed by atoms with E-state index in [1.807, 2.05) is 30.3 Å². The van der Waals surface area contributed by atoms with Gasteiger partial charge in [0, 0.05) is 41.3 Å². The molecule has 1 saturated heterocycles. The molecule has 1 spiro atoms. The van der Waals surface area contributed by atoms with Gasteiger partial charge in [0.2, 0.25) is 0 Å². The number of carbonyl (C=O) groups is 1. The molecule has 4 aromatic rings. The van der Waals surface area contributed by atoms with Gasteiger partial charge >= 0.3 is 5.97 Å². The van der Waals surface area contributed by atoms with Crippen LogP contribution in [0.3, 0.4) is 0 Å². The van der Waals surface area contributed by atoms with Crippen molar-refractivity contribution < 1.29 is 14.3 Å². The Labute approximate surface area is 248 Å². The third-order valence-electron chi connectivity index (χ3n) is 9.10. The molecular formula is C37H38N2O3. The highest BCUT2D eigenvalue weighted by atomic mass is 16.6. The molecule has 4 aromatic carbocycles. The van der Waals surface area contributed by atoms with E-state index in [2.05, 4.69) is 79.5 Å². The number of aryl methyl sites for hydroxylation is 2. The molecule has 0 aromatic heterocycles. The number of ether oxygens (including phenoxy) is 2. The highest BCUT2D eigenvalue weighted by molar-refractivity contribution is 5.98. The van der Waals surface area contributed by atoms with Gasteiger partial charge in [-0.15, -0.1) is 0 Å². The summed E-state index contributed by atoms with van der Waals surface area (Å²) in [6.07, 6.45) is 5.83. The van der Waals surface area contributed by atoms with E-state index >= 15 is 0 Å². The van der Waals surface area contributed by atoms with Crippen LogP contribution in [0.5, 0.6) is 11.5 Å². The Morgan fingerprint density at radius 2 is 1.81 bits per heavy atom. The van der Waals surface area contributed by atoms with Crippen LogP contribution in [0.4, 0.5) is 17.1 Å². The van der Waals surface area contributed by atoms with Crippen LogP contribution < -0.4 is 15.0 Å². The van der Waals surface area contributed by atoms with Gasteiger partial charge in [0.05, 0.1) is 11.1 Å². The molecule has 5 nitrogen and oxygen atoms in total. The Kier molecular flexibility index (Phi) is 6.69. The normalized spacial score (nSPS) is 20.4. The van der Waals surface area contributed by atoms with Crippen LogP contribution in [-0.2, 0) is 16.8 Å². The highest BCUT2D eigenvalue weighted by Crippen LogP contribution is 2.59. The fraction of sp³-hybridized carbons (Fsp3) is 0.324. The van der Waals surface area contributed by atoms with Crippen molar-refractivity contribution in [1.29, 1.82) is 0 Å². The average Bonchev–Trinajstić information content (AvgIpc) is 3.29. The second kappa shape index (κ2) is 10.5. The molecule has 214 valence electrons. The quantitative estimate of drug-likeness (QED) is 0.240. The first-order valence-electron chi connectivity index (χ1n) is 15.4. The summed E-state index contributed by atoms with van der Waals surface area (Å²) in [6.45, 7) is 8.55. The number of anilines is 3. The van der Waals surface area contributed by atoms with Gasteiger partial charge in [-0.1, -0.05) is 56.7 Å². The molecule has 0 saturated carbocycles. The minimum atomic E-state index is -1.11. The summed E-state index contributed by atoms with van der Waals surface area (Å²) in [5.74, 6) is 1.75. The standard InChI is InChI=1S/C37H38N2O3/c1-4-5-11-26-16-18-27(19-17-26)38-31-22-30-34(21-25(31)3)41-33-15-8-14-32(39-20-9-10-24(2)23-39)35(33)37(30)29-13-7-6-12-28(29)36(40)42-37/h6-8,12-19,21-22,24,38H,4-5,9-11,20,23H2,1-3H3. The zero-order valence-corrected chi connectivity index (χ0v) is 24.7. The van der Waals surface area contributed by atoms with E-state index in [-0.39, 0.29) is 5.97 Å². The van der Waals surface area contributed by atoms with Crippen LogP contribution >= 0.6 is 0 Å². The molecule has 3 aliphatic heterocycles. The van der Waals surface area contributed by atoms with Gasteiger partial charge in [-0.3, -0.25) is 0 Å². The summed E-state index contributed by atoms with van der Waals surface area (Å²) in [5.41, 5.74) is 7.60. The van der Waals surface area contributed by atoms with Crippen LogP contribution in [0.2, 0.25) is 0 Å². The molecule has 1 fully saturated rings.